The van der Waals surface area contributed by atoms with Gasteiger partial charge in [-0.2, -0.15) is 5.10 Å². The number of hydrogen-bond acceptors (Lipinski definition) is 2. The molecule has 1 rings (SSSR count). The second-order valence-electron chi connectivity index (χ2n) is 2.80. The predicted molar refractivity (Wildman–Crippen MR) is 66.7 cm³/mol. The lowest BCUT2D eigenvalue weighted by Gasteiger charge is -2.01. The maximum absolute atomic E-state index is 4.17. The maximum atomic E-state index is 4.17. The van der Waals surface area contributed by atoms with Crippen LogP contribution in [-0.4, -0.2) is 11.0 Å². The summed E-state index contributed by atoms with van der Waals surface area (Å²) < 4.78 is 0. The van der Waals surface area contributed by atoms with Gasteiger partial charge in [0.05, 0.1) is 11.4 Å². The molecule has 2 nitrogen and oxygen atoms in total. The van der Waals surface area contributed by atoms with E-state index < -0.39 is 0 Å². The molecule has 0 aliphatic carbocycles. The molecule has 0 aliphatic rings. The second kappa shape index (κ2) is 5.36. The van der Waals surface area contributed by atoms with Crippen LogP contribution in [0.1, 0.15) is 6.92 Å². The van der Waals surface area contributed by atoms with Gasteiger partial charge >= 0.3 is 0 Å². The number of para-hydroxylation sites is 1. The van der Waals surface area contributed by atoms with Crippen LogP contribution in [0.4, 0.5) is 5.69 Å². The largest absolute Gasteiger partial charge is 0.278 e. The first-order chi connectivity index (χ1) is 6.74. The van der Waals surface area contributed by atoms with Gasteiger partial charge in [0.1, 0.15) is 0 Å². The summed E-state index contributed by atoms with van der Waals surface area (Å²) >= 11 is 0. The van der Waals surface area contributed by atoms with Gasteiger partial charge in [0.2, 0.25) is 0 Å². The van der Waals surface area contributed by atoms with E-state index in [1.807, 2.05) is 37.3 Å². The Labute approximate surface area is 86.6 Å². The van der Waals surface area contributed by atoms with Gasteiger partial charge in [-0.1, -0.05) is 24.8 Å². The molecular weight excluding hydrogens is 191 g/mol. The summed E-state index contributed by atoms with van der Waals surface area (Å²) in [6.07, 6.45) is 1.69. The van der Waals surface area contributed by atoms with Gasteiger partial charge < -0.3 is 0 Å². The van der Waals surface area contributed by atoms with Crippen molar-refractivity contribution in [3.8, 4) is 0 Å². The SMILES string of the molecule is C=C/C(=N/Nc1ccccc1)C(C)=P. The molecular formula is C11H13N2P. The van der Waals surface area contributed by atoms with Crippen LogP contribution in [0.3, 0.4) is 0 Å². The molecule has 0 unspecified atom stereocenters. The first kappa shape index (κ1) is 10.7. The average molecular weight is 204 g/mol. The van der Waals surface area contributed by atoms with Crippen molar-refractivity contribution in [2.75, 3.05) is 5.43 Å². The number of allylic oxidation sites excluding steroid dienone is 1. The monoisotopic (exact) mass is 204 g/mol. The van der Waals surface area contributed by atoms with Crippen LogP contribution in [0.5, 0.6) is 0 Å². The molecule has 72 valence electrons. The van der Waals surface area contributed by atoms with E-state index in [9.17, 15) is 0 Å². The van der Waals surface area contributed by atoms with Gasteiger partial charge in [-0.25, -0.2) is 0 Å². The third kappa shape index (κ3) is 3.15. The number of hydrazone groups is 1. The van der Waals surface area contributed by atoms with E-state index in [1.165, 1.54) is 0 Å². The summed E-state index contributed by atoms with van der Waals surface area (Å²) in [5.41, 5.74) is 4.70. The molecule has 0 bridgehead atoms. The molecule has 1 N–H and O–H groups in total. The summed E-state index contributed by atoms with van der Waals surface area (Å²) in [5.74, 6) is 0. The number of anilines is 1. The molecule has 0 atom stereocenters. The van der Waals surface area contributed by atoms with Crippen LogP contribution in [0, 0.1) is 0 Å². The van der Waals surface area contributed by atoms with Crippen molar-refractivity contribution in [3.63, 3.8) is 0 Å². The zero-order valence-electron chi connectivity index (χ0n) is 8.12. The maximum Gasteiger partial charge on any atom is 0.0896 e. The lowest BCUT2D eigenvalue weighted by atomic mass is 10.3. The minimum absolute atomic E-state index is 0.797. The number of nitrogens with zero attached hydrogens (tertiary/aromatic N) is 1. The smallest absolute Gasteiger partial charge is 0.0896 e. The molecule has 0 radical (unpaired) electrons. The van der Waals surface area contributed by atoms with Gasteiger partial charge in [-0.05, 0) is 30.4 Å². The van der Waals surface area contributed by atoms with Crippen molar-refractivity contribution < 1.29 is 0 Å². The standard InChI is InChI=1S/C11H13N2P/c1-3-11(9(2)14)13-12-10-7-5-4-6-8-10/h3-8,12,14H,1H2,2H3/b13-11-. The molecule has 0 saturated carbocycles. The van der Waals surface area contributed by atoms with Crippen molar-refractivity contribution in [2.24, 2.45) is 5.10 Å². The summed E-state index contributed by atoms with van der Waals surface area (Å²) in [6, 6.07) is 9.77. The van der Waals surface area contributed by atoms with Gasteiger partial charge in [0.15, 0.2) is 0 Å². The molecule has 0 aliphatic heterocycles. The van der Waals surface area contributed by atoms with Crippen LogP contribution >= 0.6 is 8.86 Å². The highest BCUT2D eigenvalue weighted by Gasteiger charge is 1.93. The second-order valence-corrected chi connectivity index (χ2v) is 3.55. The summed E-state index contributed by atoms with van der Waals surface area (Å²) in [4.78, 5) is 0. The molecule has 3 heteroatoms. The fraction of sp³-hybridized carbons (Fsp3) is 0.0909. The van der Waals surface area contributed by atoms with Crippen LogP contribution in [0.15, 0.2) is 48.1 Å². The van der Waals surface area contributed by atoms with E-state index in [0.717, 1.165) is 16.7 Å². The third-order valence-corrected chi connectivity index (χ3v) is 1.91. The fourth-order valence-corrected chi connectivity index (χ4v) is 1.08. The van der Waals surface area contributed by atoms with E-state index in [2.05, 4.69) is 26.0 Å². The Morgan fingerprint density at radius 3 is 2.57 bits per heavy atom. The molecule has 0 spiro atoms. The van der Waals surface area contributed by atoms with Gasteiger partial charge in [0, 0.05) is 0 Å². The van der Waals surface area contributed by atoms with E-state index in [-0.39, 0.29) is 0 Å². The fourth-order valence-electron chi connectivity index (χ4n) is 0.920. The Hall–Kier alpha value is -1.40. The number of hydrogen-bond donors (Lipinski definition) is 1. The number of rotatable bonds is 4. The minimum Gasteiger partial charge on any atom is -0.278 e. The minimum atomic E-state index is 0.797. The van der Waals surface area contributed by atoms with Crippen LogP contribution in [0.25, 0.3) is 0 Å². The zero-order chi connectivity index (χ0) is 10.4. The zero-order valence-corrected chi connectivity index (χ0v) is 9.12. The summed E-state index contributed by atoms with van der Waals surface area (Å²) in [5, 5.41) is 5.12. The molecule has 0 aromatic heterocycles. The molecule has 0 saturated heterocycles. The number of nitrogens with one attached hydrogen (secondary N) is 1. The van der Waals surface area contributed by atoms with Crippen LogP contribution < -0.4 is 5.43 Å². The quantitative estimate of drug-likeness (QED) is 0.455. The Kier molecular flexibility index (Phi) is 4.09. The van der Waals surface area contributed by atoms with E-state index in [4.69, 9.17) is 0 Å². The molecule has 1 aromatic carbocycles. The highest BCUT2D eigenvalue weighted by Crippen LogP contribution is 2.04. The Balaban J connectivity index is 2.71. The molecule has 0 amide bonds. The number of benzene rings is 1. The predicted octanol–water partition coefficient (Wildman–Crippen LogP) is 2.98. The van der Waals surface area contributed by atoms with E-state index in [1.54, 1.807) is 6.08 Å². The Bertz CT molecular complexity index is 355. The van der Waals surface area contributed by atoms with Crippen molar-refractivity contribution >= 4 is 25.6 Å². The van der Waals surface area contributed by atoms with E-state index >= 15 is 0 Å². The normalized spacial score (nSPS) is 10.8. The lowest BCUT2D eigenvalue weighted by Crippen LogP contribution is -2.06. The third-order valence-electron chi connectivity index (χ3n) is 1.66. The van der Waals surface area contributed by atoms with Crippen LogP contribution in [-0.2, 0) is 0 Å². The highest BCUT2D eigenvalue weighted by atomic mass is 31.0. The molecule has 1 aromatic rings. The first-order valence-electron chi connectivity index (χ1n) is 4.30. The Morgan fingerprint density at radius 2 is 2.07 bits per heavy atom. The molecule has 14 heavy (non-hydrogen) atoms. The van der Waals surface area contributed by atoms with E-state index in [0.29, 0.717) is 0 Å². The van der Waals surface area contributed by atoms with Crippen molar-refractivity contribution in [1.29, 1.82) is 0 Å². The van der Waals surface area contributed by atoms with Crippen molar-refractivity contribution in [2.45, 2.75) is 6.92 Å². The Morgan fingerprint density at radius 1 is 1.43 bits per heavy atom. The summed E-state index contributed by atoms with van der Waals surface area (Å²) in [7, 11) is 3.40. The molecule has 0 fully saturated rings. The van der Waals surface area contributed by atoms with Crippen molar-refractivity contribution in [3.05, 3.63) is 43.0 Å². The first-order valence-corrected chi connectivity index (χ1v) is 4.80. The highest BCUT2D eigenvalue weighted by molar-refractivity contribution is 7.25. The van der Waals surface area contributed by atoms with Gasteiger partial charge in [0.25, 0.3) is 0 Å². The average Bonchev–Trinajstić information content (AvgIpc) is 2.20. The van der Waals surface area contributed by atoms with Crippen LogP contribution in [0.2, 0.25) is 0 Å². The van der Waals surface area contributed by atoms with Gasteiger partial charge in [-0.15, -0.1) is 8.86 Å². The van der Waals surface area contributed by atoms with Crippen molar-refractivity contribution in [1.82, 2.24) is 0 Å². The molecule has 0 heterocycles. The summed E-state index contributed by atoms with van der Waals surface area (Å²) in [6.45, 7) is 5.59. The topological polar surface area (TPSA) is 24.4 Å². The lowest BCUT2D eigenvalue weighted by molar-refractivity contribution is 1.35. The van der Waals surface area contributed by atoms with Gasteiger partial charge in [-0.3, -0.25) is 5.43 Å².